The monoisotopic (exact) mass is 231 g/mol. The normalized spacial score (nSPS) is 18.9. The third-order valence-corrected chi connectivity index (χ3v) is 2.41. The lowest BCUT2D eigenvalue weighted by Gasteiger charge is -2.14. The summed E-state index contributed by atoms with van der Waals surface area (Å²) in [7, 11) is 0. The fraction of sp³-hybridized carbons (Fsp3) is 0.200. The van der Waals surface area contributed by atoms with Crippen LogP contribution in [-0.4, -0.2) is 18.0 Å². The van der Waals surface area contributed by atoms with E-state index in [0.29, 0.717) is 0 Å². The second-order valence-electron chi connectivity index (χ2n) is 3.52. The number of carbonyl (C=O) groups excluding carboxylic acids is 2. The highest BCUT2D eigenvalue weighted by Gasteiger charge is 2.36. The molecule has 0 aromatic heterocycles. The third-order valence-electron chi connectivity index (χ3n) is 2.41. The van der Waals surface area contributed by atoms with Crippen molar-refractivity contribution in [2.45, 2.75) is 13.0 Å². The van der Waals surface area contributed by atoms with Gasteiger partial charge in [-0.05, 0) is 18.5 Å². The summed E-state index contributed by atoms with van der Waals surface area (Å²) in [6.45, 7) is 1.59. The molecular weight excluding hydrogens is 222 g/mol. The number of amides is 3. The van der Waals surface area contributed by atoms with Crippen LogP contribution in [-0.2, 0) is 4.79 Å². The summed E-state index contributed by atoms with van der Waals surface area (Å²) in [4.78, 5) is 27.0. The van der Waals surface area contributed by atoms with Crippen molar-refractivity contribution in [2.24, 2.45) is 5.11 Å². The fourth-order valence-electron chi connectivity index (χ4n) is 1.62. The van der Waals surface area contributed by atoms with Crippen molar-refractivity contribution in [1.29, 1.82) is 0 Å². The van der Waals surface area contributed by atoms with Gasteiger partial charge in [-0.1, -0.05) is 23.3 Å². The summed E-state index contributed by atoms with van der Waals surface area (Å²) in [6, 6.07) is 5.34. The first-order chi connectivity index (χ1) is 8.15. The van der Waals surface area contributed by atoms with Crippen molar-refractivity contribution >= 4 is 23.3 Å². The minimum Gasteiger partial charge on any atom is -0.326 e. The van der Waals surface area contributed by atoms with Crippen LogP contribution in [0.4, 0.5) is 16.2 Å². The lowest BCUT2D eigenvalue weighted by Crippen LogP contribution is -2.30. The molecule has 0 bridgehead atoms. The number of nitrogens with one attached hydrogen (secondary N) is 1. The molecule has 17 heavy (non-hydrogen) atoms. The van der Waals surface area contributed by atoms with E-state index < -0.39 is 12.1 Å². The quantitative estimate of drug-likeness (QED) is 0.364. The van der Waals surface area contributed by atoms with E-state index in [1.807, 2.05) is 0 Å². The predicted octanol–water partition coefficient (Wildman–Crippen LogP) is 2.07. The number of carbonyl (C=O) groups is 2. The molecule has 0 aliphatic carbocycles. The molecule has 1 unspecified atom stereocenters. The van der Waals surface area contributed by atoms with E-state index in [4.69, 9.17) is 5.53 Å². The summed E-state index contributed by atoms with van der Waals surface area (Å²) in [5.41, 5.74) is 8.96. The molecule has 1 atom stereocenters. The van der Waals surface area contributed by atoms with Gasteiger partial charge in [0.25, 0.3) is 5.91 Å². The molecule has 2 rings (SSSR count). The highest BCUT2D eigenvalue weighted by Crippen LogP contribution is 2.30. The van der Waals surface area contributed by atoms with E-state index in [0.717, 1.165) is 4.90 Å². The van der Waals surface area contributed by atoms with E-state index in [1.165, 1.54) is 0 Å². The van der Waals surface area contributed by atoms with E-state index in [-0.39, 0.29) is 17.3 Å². The van der Waals surface area contributed by atoms with Gasteiger partial charge in [0, 0.05) is 4.91 Å². The summed E-state index contributed by atoms with van der Waals surface area (Å²) in [6.07, 6.45) is 0. The summed E-state index contributed by atoms with van der Waals surface area (Å²) < 4.78 is 0. The molecular formula is C10H9N5O2. The van der Waals surface area contributed by atoms with Gasteiger partial charge in [0.1, 0.15) is 6.04 Å². The van der Waals surface area contributed by atoms with E-state index in [9.17, 15) is 9.59 Å². The lowest BCUT2D eigenvalue weighted by molar-refractivity contribution is -0.117. The van der Waals surface area contributed by atoms with E-state index >= 15 is 0 Å². The molecule has 86 valence electrons. The maximum absolute atomic E-state index is 11.8. The molecule has 0 radical (unpaired) electrons. The number of para-hydroxylation sites is 1. The van der Waals surface area contributed by atoms with Gasteiger partial charge >= 0.3 is 6.03 Å². The smallest absolute Gasteiger partial charge is 0.326 e. The van der Waals surface area contributed by atoms with Gasteiger partial charge < -0.3 is 5.32 Å². The molecule has 7 heteroatoms. The van der Waals surface area contributed by atoms with Crippen molar-refractivity contribution < 1.29 is 9.59 Å². The van der Waals surface area contributed by atoms with Crippen molar-refractivity contribution in [1.82, 2.24) is 5.32 Å². The second kappa shape index (κ2) is 4.15. The number of anilines is 1. The number of nitrogens with zero attached hydrogens (tertiary/aromatic N) is 4. The van der Waals surface area contributed by atoms with Crippen LogP contribution in [0.15, 0.2) is 29.4 Å². The Morgan fingerprint density at radius 3 is 2.71 bits per heavy atom. The van der Waals surface area contributed by atoms with Gasteiger partial charge in [-0.15, -0.1) is 0 Å². The van der Waals surface area contributed by atoms with Crippen LogP contribution in [0.2, 0.25) is 0 Å². The van der Waals surface area contributed by atoms with Crippen molar-refractivity contribution in [3.63, 3.8) is 0 Å². The molecule has 1 heterocycles. The highest BCUT2D eigenvalue weighted by atomic mass is 16.2. The van der Waals surface area contributed by atoms with Crippen LogP contribution in [0, 0.1) is 0 Å². The van der Waals surface area contributed by atoms with Gasteiger partial charge in [-0.3, -0.25) is 4.79 Å². The predicted molar refractivity (Wildman–Crippen MR) is 60.7 cm³/mol. The number of benzene rings is 1. The van der Waals surface area contributed by atoms with Crippen LogP contribution >= 0.6 is 0 Å². The van der Waals surface area contributed by atoms with Crippen molar-refractivity contribution in [3.05, 3.63) is 34.7 Å². The molecule has 1 saturated heterocycles. The molecule has 3 amide bonds. The minimum absolute atomic E-state index is 0.243. The zero-order chi connectivity index (χ0) is 12.4. The molecule has 1 aliphatic rings. The van der Waals surface area contributed by atoms with Gasteiger partial charge in [-0.25, -0.2) is 9.69 Å². The van der Waals surface area contributed by atoms with Crippen LogP contribution < -0.4 is 10.2 Å². The van der Waals surface area contributed by atoms with Crippen LogP contribution in [0.3, 0.4) is 0 Å². The van der Waals surface area contributed by atoms with E-state index in [1.54, 1.807) is 31.2 Å². The van der Waals surface area contributed by atoms with Crippen LogP contribution in [0.25, 0.3) is 10.4 Å². The van der Waals surface area contributed by atoms with Gasteiger partial charge in [0.15, 0.2) is 0 Å². The first-order valence-electron chi connectivity index (χ1n) is 4.93. The molecule has 1 aromatic carbocycles. The van der Waals surface area contributed by atoms with Crippen molar-refractivity contribution in [2.75, 3.05) is 4.90 Å². The highest BCUT2D eigenvalue weighted by molar-refractivity contribution is 6.22. The van der Waals surface area contributed by atoms with Gasteiger partial charge in [0.2, 0.25) is 0 Å². The standard InChI is InChI=1S/C10H9N5O2/c1-6-9(16)15(10(17)12-6)8-5-3-2-4-7(8)13-14-11/h2-6H,1H3,(H,12,17). The number of hydrogen-bond acceptors (Lipinski definition) is 3. The Bertz CT molecular complexity index is 535. The molecule has 1 aromatic rings. The lowest BCUT2D eigenvalue weighted by atomic mass is 10.2. The topological polar surface area (TPSA) is 98.2 Å². The minimum atomic E-state index is -0.568. The van der Waals surface area contributed by atoms with Crippen LogP contribution in [0.5, 0.6) is 0 Å². The third kappa shape index (κ3) is 1.79. The summed E-state index contributed by atoms with van der Waals surface area (Å²) in [5.74, 6) is -0.365. The Morgan fingerprint density at radius 1 is 1.41 bits per heavy atom. The molecule has 1 aliphatic heterocycles. The Balaban J connectivity index is 2.50. The zero-order valence-electron chi connectivity index (χ0n) is 8.99. The Hall–Kier alpha value is -2.53. The largest absolute Gasteiger partial charge is 0.329 e. The maximum atomic E-state index is 11.8. The number of azide groups is 1. The number of urea groups is 1. The summed E-state index contributed by atoms with van der Waals surface area (Å²) in [5, 5.41) is 5.94. The Morgan fingerprint density at radius 2 is 2.12 bits per heavy atom. The molecule has 1 N–H and O–H groups in total. The molecule has 1 fully saturated rings. The number of rotatable bonds is 2. The average molecular weight is 231 g/mol. The molecule has 7 nitrogen and oxygen atoms in total. The fourth-order valence-corrected chi connectivity index (χ4v) is 1.62. The second-order valence-corrected chi connectivity index (χ2v) is 3.52. The average Bonchev–Trinajstić information content (AvgIpc) is 2.55. The van der Waals surface area contributed by atoms with Gasteiger partial charge in [0.05, 0.1) is 11.4 Å². The molecule has 0 saturated carbocycles. The number of hydrogen-bond donors (Lipinski definition) is 1. The first kappa shape index (κ1) is 11.0. The maximum Gasteiger partial charge on any atom is 0.329 e. The zero-order valence-corrected chi connectivity index (χ0v) is 8.99. The molecule has 0 spiro atoms. The van der Waals surface area contributed by atoms with Crippen molar-refractivity contribution in [3.8, 4) is 0 Å². The van der Waals surface area contributed by atoms with Crippen LogP contribution in [0.1, 0.15) is 6.92 Å². The SMILES string of the molecule is CC1NC(=O)N(c2ccccc2N=[N+]=[N-])C1=O. The Kier molecular flexibility index (Phi) is 2.68. The number of imide groups is 1. The van der Waals surface area contributed by atoms with Gasteiger partial charge in [-0.2, -0.15) is 0 Å². The summed E-state index contributed by atoms with van der Waals surface area (Å²) >= 11 is 0. The van der Waals surface area contributed by atoms with E-state index in [2.05, 4.69) is 15.3 Å². The Labute approximate surface area is 96.7 Å². The first-order valence-corrected chi connectivity index (χ1v) is 4.93.